The molecule has 0 bridgehead atoms. The van der Waals surface area contributed by atoms with E-state index in [1.54, 1.807) is 0 Å². The van der Waals surface area contributed by atoms with Gasteiger partial charge in [-0.1, -0.05) is 19.9 Å². The Hall–Kier alpha value is -1.05. The van der Waals surface area contributed by atoms with Gasteiger partial charge in [0, 0.05) is 13.2 Å². The molecule has 0 N–H and O–H groups in total. The topological polar surface area (TPSA) is 17.8 Å². The molecular weight excluding hydrogens is 160 g/mol. The molecule has 0 amide bonds. The van der Waals surface area contributed by atoms with E-state index in [1.807, 2.05) is 17.9 Å². The van der Waals surface area contributed by atoms with E-state index in [2.05, 4.69) is 31.1 Å². The highest BCUT2D eigenvalue weighted by Gasteiger charge is 2.21. The Labute approximate surface area is 79.3 Å². The average molecular weight is 176 g/mol. The number of aromatic nitrogens is 2. The quantitative estimate of drug-likeness (QED) is 0.642. The molecule has 2 atom stereocenters. The van der Waals surface area contributed by atoms with Gasteiger partial charge in [-0.05, 0) is 29.9 Å². The first kappa shape index (κ1) is 8.54. The first-order chi connectivity index (χ1) is 6.18. The summed E-state index contributed by atoms with van der Waals surface area (Å²) in [4.78, 5) is 0. The van der Waals surface area contributed by atoms with Crippen LogP contribution in [0.15, 0.2) is 18.3 Å². The molecule has 2 unspecified atom stereocenters. The van der Waals surface area contributed by atoms with E-state index in [9.17, 15) is 0 Å². The Kier molecular flexibility index (Phi) is 1.98. The molecule has 0 saturated carbocycles. The fraction of sp³-hybridized carbons (Fsp3) is 0.545. The first-order valence-electron chi connectivity index (χ1n) is 4.87. The van der Waals surface area contributed by atoms with Crippen molar-refractivity contribution in [1.29, 1.82) is 0 Å². The van der Waals surface area contributed by atoms with Gasteiger partial charge >= 0.3 is 0 Å². The van der Waals surface area contributed by atoms with Gasteiger partial charge in [-0.15, -0.1) is 0 Å². The molecule has 0 fully saturated rings. The van der Waals surface area contributed by atoms with Crippen LogP contribution in [-0.4, -0.2) is 9.78 Å². The zero-order valence-electron chi connectivity index (χ0n) is 8.49. The van der Waals surface area contributed by atoms with Crippen LogP contribution in [0, 0.1) is 11.8 Å². The summed E-state index contributed by atoms with van der Waals surface area (Å²) in [5.41, 5.74) is 2.73. The summed E-state index contributed by atoms with van der Waals surface area (Å²) in [6, 6.07) is 2.09. The van der Waals surface area contributed by atoms with Gasteiger partial charge in [0.2, 0.25) is 0 Å². The highest BCUT2D eigenvalue weighted by atomic mass is 15.3. The Bertz CT molecular complexity index is 336. The lowest BCUT2D eigenvalue weighted by Crippen LogP contribution is -1.98. The third kappa shape index (κ3) is 1.41. The van der Waals surface area contributed by atoms with E-state index in [0.29, 0.717) is 5.92 Å². The predicted molar refractivity (Wildman–Crippen MR) is 54.1 cm³/mol. The summed E-state index contributed by atoms with van der Waals surface area (Å²) in [7, 11) is 2.00. The molecule has 1 aliphatic carbocycles. The fourth-order valence-corrected chi connectivity index (χ4v) is 1.96. The van der Waals surface area contributed by atoms with Gasteiger partial charge in [-0.25, -0.2) is 0 Å². The predicted octanol–water partition coefficient (Wildman–Crippen LogP) is 2.48. The van der Waals surface area contributed by atoms with Crippen LogP contribution < -0.4 is 0 Å². The second-order valence-corrected chi connectivity index (χ2v) is 4.07. The zero-order valence-corrected chi connectivity index (χ0v) is 8.49. The largest absolute Gasteiger partial charge is 0.268 e. The minimum Gasteiger partial charge on any atom is -0.268 e. The molecule has 2 heteroatoms. The number of hydrogen-bond acceptors (Lipinski definition) is 1. The van der Waals surface area contributed by atoms with Crippen molar-refractivity contribution in [1.82, 2.24) is 9.78 Å². The van der Waals surface area contributed by atoms with E-state index >= 15 is 0 Å². The van der Waals surface area contributed by atoms with Gasteiger partial charge in [0.05, 0.1) is 5.69 Å². The number of aryl methyl sites for hydroxylation is 1. The van der Waals surface area contributed by atoms with Gasteiger partial charge in [-0.2, -0.15) is 5.10 Å². The van der Waals surface area contributed by atoms with Gasteiger partial charge in [-0.3, -0.25) is 4.68 Å². The monoisotopic (exact) mass is 176 g/mol. The molecular formula is C11H16N2. The van der Waals surface area contributed by atoms with Crippen LogP contribution in [0.3, 0.4) is 0 Å². The molecule has 1 aromatic rings. The molecule has 70 valence electrons. The van der Waals surface area contributed by atoms with Crippen LogP contribution in [0.2, 0.25) is 0 Å². The molecule has 13 heavy (non-hydrogen) atoms. The van der Waals surface area contributed by atoms with Crippen LogP contribution in [0.1, 0.15) is 26.0 Å². The van der Waals surface area contributed by atoms with E-state index in [1.165, 1.54) is 17.7 Å². The normalized spacial score (nSPS) is 27.8. The van der Waals surface area contributed by atoms with Crippen molar-refractivity contribution in [2.75, 3.05) is 0 Å². The van der Waals surface area contributed by atoms with Crippen LogP contribution in [0.4, 0.5) is 0 Å². The Morgan fingerprint density at radius 3 is 2.69 bits per heavy atom. The summed E-state index contributed by atoms with van der Waals surface area (Å²) in [6.07, 6.45) is 5.44. The smallest absolute Gasteiger partial charge is 0.0635 e. The molecule has 0 radical (unpaired) electrons. The number of nitrogens with zero attached hydrogens (tertiary/aromatic N) is 2. The summed E-state index contributed by atoms with van der Waals surface area (Å²) in [5.74, 6) is 1.50. The second-order valence-electron chi connectivity index (χ2n) is 4.07. The Morgan fingerprint density at radius 2 is 2.23 bits per heavy atom. The molecule has 1 heterocycles. The lowest BCUT2D eigenvalue weighted by Gasteiger charge is -2.06. The molecule has 1 aliphatic rings. The van der Waals surface area contributed by atoms with Crippen molar-refractivity contribution >= 4 is 5.57 Å². The molecule has 2 rings (SSSR count). The molecule has 1 aromatic heterocycles. The summed E-state index contributed by atoms with van der Waals surface area (Å²) in [6.45, 7) is 4.60. The summed E-state index contributed by atoms with van der Waals surface area (Å²) >= 11 is 0. The fourth-order valence-electron chi connectivity index (χ4n) is 1.96. The lowest BCUT2D eigenvalue weighted by molar-refractivity contribution is 0.499. The Morgan fingerprint density at radius 1 is 1.46 bits per heavy atom. The second kappa shape index (κ2) is 3.02. The third-order valence-electron chi connectivity index (χ3n) is 3.05. The van der Waals surface area contributed by atoms with E-state index in [-0.39, 0.29) is 0 Å². The maximum Gasteiger partial charge on any atom is 0.0635 e. The van der Waals surface area contributed by atoms with Crippen LogP contribution >= 0.6 is 0 Å². The van der Waals surface area contributed by atoms with Crippen LogP contribution in [0.25, 0.3) is 5.57 Å². The van der Waals surface area contributed by atoms with E-state index in [4.69, 9.17) is 0 Å². The van der Waals surface area contributed by atoms with Crippen molar-refractivity contribution in [3.05, 3.63) is 24.0 Å². The molecule has 0 aromatic carbocycles. The average Bonchev–Trinajstić information content (AvgIpc) is 2.60. The number of rotatable bonds is 1. The van der Waals surface area contributed by atoms with Gasteiger partial charge in [0.1, 0.15) is 0 Å². The third-order valence-corrected chi connectivity index (χ3v) is 3.05. The van der Waals surface area contributed by atoms with Gasteiger partial charge in [0.15, 0.2) is 0 Å². The van der Waals surface area contributed by atoms with Gasteiger partial charge in [0.25, 0.3) is 0 Å². The highest BCUT2D eigenvalue weighted by molar-refractivity contribution is 5.65. The maximum atomic E-state index is 4.19. The van der Waals surface area contributed by atoms with Crippen LogP contribution in [-0.2, 0) is 7.05 Å². The maximum absolute atomic E-state index is 4.19. The highest BCUT2D eigenvalue weighted by Crippen LogP contribution is 2.35. The van der Waals surface area contributed by atoms with Crippen molar-refractivity contribution < 1.29 is 0 Å². The molecule has 0 saturated heterocycles. The molecule has 0 spiro atoms. The van der Waals surface area contributed by atoms with Crippen LogP contribution in [0.5, 0.6) is 0 Å². The van der Waals surface area contributed by atoms with Crippen molar-refractivity contribution in [2.24, 2.45) is 18.9 Å². The standard InChI is InChI=1S/C11H16N2/c1-8-6-10(7-9(8)2)11-4-5-12-13(11)3/h4-6,8-9H,7H2,1-3H3. The summed E-state index contributed by atoms with van der Waals surface area (Å²) < 4.78 is 1.95. The first-order valence-corrected chi connectivity index (χ1v) is 4.87. The van der Waals surface area contributed by atoms with Crippen molar-refractivity contribution in [2.45, 2.75) is 20.3 Å². The molecule has 2 nitrogen and oxygen atoms in total. The van der Waals surface area contributed by atoms with Crippen molar-refractivity contribution in [3.8, 4) is 0 Å². The lowest BCUT2D eigenvalue weighted by atomic mass is 9.99. The van der Waals surface area contributed by atoms with E-state index < -0.39 is 0 Å². The Balaban J connectivity index is 2.29. The SMILES string of the molecule is CC1C=C(c2ccnn2C)CC1C. The zero-order chi connectivity index (χ0) is 9.42. The van der Waals surface area contributed by atoms with Gasteiger partial charge < -0.3 is 0 Å². The van der Waals surface area contributed by atoms with Crippen molar-refractivity contribution in [3.63, 3.8) is 0 Å². The van der Waals surface area contributed by atoms with E-state index in [0.717, 1.165) is 5.92 Å². The number of hydrogen-bond donors (Lipinski definition) is 0. The number of allylic oxidation sites excluding steroid dienone is 2. The summed E-state index contributed by atoms with van der Waals surface area (Å²) in [5, 5.41) is 4.19. The molecule has 0 aliphatic heterocycles. The minimum atomic E-state index is 0.713. The minimum absolute atomic E-state index is 0.713.